The van der Waals surface area contributed by atoms with Crippen molar-refractivity contribution in [3.63, 3.8) is 0 Å². The van der Waals surface area contributed by atoms with Gasteiger partial charge >= 0.3 is 6.18 Å². The van der Waals surface area contributed by atoms with Gasteiger partial charge in [-0.05, 0) is 62.5 Å². The Morgan fingerprint density at radius 2 is 1.81 bits per heavy atom. The van der Waals surface area contributed by atoms with Crippen molar-refractivity contribution in [1.82, 2.24) is 9.62 Å². The molecule has 0 atom stereocenters. The first-order valence-electron chi connectivity index (χ1n) is 8.71. The molecular weight excluding hydrogens is 369 g/mol. The summed E-state index contributed by atoms with van der Waals surface area (Å²) in [6, 6.07) is 6.19. The second-order valence-electron chi connectivity index (χ2n) is 6.51. The van der Waals surface area contributed by atoms with Gasteiger partial charge in [-0.1, -0.05) is 6.92 Å². The zero-order chi connectivity index (χ0) is 19.2. The van der Waals surface area contributed by atoms with Gasteiger partial charge in [0.25, 0.3) is 0 Å². The maximum absolute atomic E-state index is 12.4. The van der Waals surface area contributed by atoms with Crippen molar-refractivity contribution in [2.24, 2.45) is 5.92 Å². The van der Waals surface area contributed by atoms with Crippen molar-refractivity contribution in [2.75, 3.05) is 32.8 Å². The molecule has 9 heteroatoms. The Morgan fingerprint density at radius 3 is 2.35 bits per heavy atom. The zero-order valence-electron chi connectivity index (χ0n) is 14.8. The molecule has 1 heterocycles. The quantitative estimate of drug-likeness (QED) is 0.736. The fourth-order valence-corrected chi connectivity index (χ4v) is 3.96. The van der Waals surface area contributed by atoms with Crippen molar-refractivity contribution >= 4 is 10.0 Å². The lowest BCUT2D eigenvalue weighted by Crippen LogP contribution is -2.42. The van der Waals surface area contributed by atoms with Gasteiger partial charge in [0.1, 0.15) is 5.75 Å². The van der Waals surface area contributed by atoms with Crippen LogP contribution < -0.4 is 9.46 Å². The average molecular weight is 394 g/mol. The van der Waals surface area contributed by atoms with Crippen LogP contribution in [0.5, 0.6) is 5.75 Å². The summed E-state index contributed by atoms with van der Waals surface area (Å²) in [6.07, 6.45) is -2.24. The first kappa shape index (κ1) is 21.0. The van der Waals surface area contributed by atoms with Crippen molar-refractivity contribution in [3.8, 4) is 5.75 Å². The monoisotopic (exact) mass is 394 g/mol. The molecule has 1 aliphatic rings. The van der Waals surface area contributed by atoms with Crippen molar-refractivity contribution in [1.29, 1.82) is 0 Å². The summed E-state index contributed by atoms with van der Waals surface area (Å²) in [6.45, 7) is 2.53. The molecule has 2 rings (SSSR count). The van der Waals surface area contributed by atoms with Crippen LogP contribution in [0, 0.1) is 5.92 Å². The molecule has 1 aliphatic heterocycles. The number of piperidine rings is 1. The fourth-order valence-electron chi connectivity index (χ4n) is 2.85. The SMILES string of the molecule is CCCOc1ccc(S(=O)(=O)NCC2CCN(CC(F)(F)F)CC2)cc1. The van der Waals surface area contributed by atoms with E-state index >= 15 is 0 Å². The van der Waals surface area contributed by atoms with Crippen LogP contribution >= 0.6 is 0 Å². The standard InChI is InChI=1S/C17H25F3N2O3S/c1-2-11-25-15-3-5-16(6-4-15)26(23,24)21-12-14-7-9-22(10-8-14)13-17(18,19)20/h3-6,14,21H,2,7-13H2,1H3. The van der Waals surface area contributed by atoms with E-state index in [1.807, 2.05) is 6.92 Å². The van der Waals surface area contributed by atoms with Gasteiger partial charge < -0.3 is 4.74 Å². The molecule has 0 aromatic heterocycles. The minimum Gasteiger partial charge on any atom is -0.494 e. The summed E-state index contributed by atoms with van der Waals surface area (Å²) in [5, 5.41) is 0. The van der Waals surface area contributed by atoms with Gasteiger partial charge in [-0.2, -0.15) is 13.2 Å². The van der Waals surface area contributed by atoms with Crippen molar-refractivity contribution in [3.05, 3.63) is 24.3 Å². The summed E-state index contributed by atoms with van der Waals surface area (Å²) in [5.74, 6) is 0.657. The average Bonchev–Trinajstić information content (AvgIpc) is 2.58. The molecule has 0 amide bonds. The van der Waals surface area contributed by atoms with Crippen LogP contribution in [0.1, 0.15) is 26.2 Å². The smallest absolute Gasteiger partial charge is 0.401 e. The van der Waals surface area contributed by atoms with Crippen LogP contribution in [0.2, 0.25) is 0 Å². The number of likely N-dealkylation sites (tertiary alicyclic amines) is 1. The predicted molar refractivity (Wildman–Crippen MR) is 92.6 cm³/mol. The number of sulfonamides is 1. The number of hydrogen-bond acceptors (Lipinski definition) is 4. The van der Waals surface area contributed by atoms with Gasteiger partial charge in [-0.25, -0.2) is 13.1 Å². The molecule has 0 aliphatic carbocycles. The minimum absolute atomic E-state index is 0.0430. The lowest BCUT2D eigenvalue weighted by Gasteiger charge is -2.32. The molecule has 0 spiro atoms. The molecule has 0 radical (unpaired) electrons. The number of nitrogens with one attached hydrogen (secondary N) is 1. The van der Waals surface area contributed by atoms with Crippen LogP contribution in [-0.2, 0) is 10.0 Å². The summed E-state index contributed by atoms with van der Waals surface area (Å²) >= 11 is 0. The van der Waals surface area contributed by atoms with E-state index in [-0.39, 0.29) is 17.4 Å². The number of nitrogens with zero attached hydrogens (tertiary/aromatic N) is 1. The highest BCUT2D eigenvalue weighted by Gasteiger charge is 2.32. The molecule has 5 nitrogen and oxygen atoms in total. The highest BCUT2D eigenvalue weighted by atomic mass is 32.2. The first-order valence-corrected chi connectivity index (χ1v) is 10.2. The third-order valence-corrected chi connectivity index (χ3v) is 5.72. The lowest BCUT2D eigenvalue weighted by molar-refractivity contribution is -0.148. The Bertz CT molecular complexity index is 655. The van der Waals surface area contributed by atoms with Crippen LogP contribution in [0.3, 0.4) is 0 Å². The van der Waals surface area contributed by atoms with E-state index in [0.717, 1.165) is 6.42 Å². The van der Waals surface area contributed by atoms with Crippen LogP contribution in [-0.4, -0.2) is 52.3 Å². The Morgan fingerprint density at radius 1 is 1.19 bits per heavy atom. The largest absolute Gasteiger partial charge is 0.494 e. The summed E-state index contributed by atoms with van der Waals surface area (Å²) in [5.41, 5.74) is 0. The van der Waals surface area contributed by atoms with E-state index in [1.165, 1.54) is 17.0 Å². The molecule has 1 fully saturated rings. The summed E-state index contributed by atoms with van der Waals surface area (Å²) in [4.78, 5) is 1.51. The van der Waals surface area contributed by atoms with Crippen molar-refractivity contribution < 1.29 is 26.3 Å². The van der Waals surface area contributed by atoms with Gasteiger partial charge in [-0.15, -0.1) is 0 Å². The van der Waals surface area contributed by atoms with Crippen molar-refractivity contribution in [2.45, 2.75) is 37.3 Å². The summed E-state index contributed by atoms with van der Waals surface area (Å²) < 4.78 is 69.8. The first-order chi connectivity index (χ1) is 12.2. The second-order valence-corrected chi connectivity index (χ2v) is 8.27. The topological polar surface area (TPSA) is 58.6 Å². The zero-order valence-corrected chi connectivity index (χ0v) is 15.6. The minimum atomic E-state index is -4.19. The van der Waals surface area contributed by atoms with E-state index in [4.69, 9.17) is 4.74 Å². The van der Waals surface area contributed by atoms with E-state index in [1.54, 1.807) is 12.1 Å². The number of benzene rings is 1. The molecule has 1 aromatic carbocycles. The number of rotatable bonds is 8. The molecule has 0 bridgehead atoms. The molecule has 1 N–H and O–H groups in total. The van der Waals surface area contributed by atoms with E-state index in [9.17, 15) is 21.6 Å². The number of alkyl halides is 3. The number of hydrogen-bond donors (Lipinski definition) is 1. The van der Waals surface area contributed by atoms with Gasteiger partial charge in [0, 0.05) is 6.54 Å². The molecule has 148 valence electrons. The molecule has 26 heavy (non-hydrogen) atoms. The molecule has 1 aromatic rings. The number of ether oxygens (including phenoxy) is 1. The van der Waals surface area contributed by atoms with E-state index in [2.05, 4.69) is 4.72 Å². The summed E-state index contributed by atoms with van der Waals surface area (Å²) in [7, 11) is -3.64. The molecule has 0 unspecified atom stereocenters. The second kappa shape index (κ2) is 9.05. The van der Waals surface area contributed by atoms with Gasteiger partial charge in [0.2, 0.25) is 10.0 Å². The number of halogens is 3. The predicted octanol–water partition coefficient (Wildman–Crippen LogP) is 3.03. The Labute approximate surface area is 152 Å². The van der Waals surface area contributed by atoms with E-state index in [0.29, 0.717) is 38.3 Å². The third-order valence-electron chi connectivity index (χ3n) is 4.28. The normalized spacial score (nSPS) is 17.4. The van der Waals surface area contributed by atoms with Gasteiger partial charge in [-0.3, -0.25) is 4.90 Å². The maximum Gasteiger partial charge on any atom is 0.401 e. The Hall–Kier alpha value is -1.32. The highest BCUT2D eigenvalue weighted by molar-refractivity contribution is 7.89. The van der Waals surface area contributed by atoms with Crippen LogP contribution in [0.4, 0.5) is 13.2 Å². The van der Waals surface area contributed by atoms with Crippen LogP contribution in [0.15, 0.2) is 29.2 Å². The van der Waals surface area contributed by atoms with E-state index < -0.39 is 22.7 Å². The maximum atomic E-state index is 12.4. The van der Waals surface area contributed by atoms with Gasteiger partial charge in [0.15, 0.2) is 0 Å². The molecule has 0 saturated carbocycles. The van der Waals surface area contributed by atoms with Gasteiger partial charge in [0.05, 0.1) is 18.0 Å². The van der Waals surface area contributed by atoms with Crippen LogP contribution in [0.25, 0.3) is 0 Å². The Kier molecular flexibility index (Phi) is 7.31. The fraction of sp³-hybridized carbons (Fsp3) is 0.647. The Balaban J connectivity index is 1.81. The molecule has 1 saturated heterocycles. The lowest BCUT2D eigenvalue weighted by atomic mass is 9.97. The highest BCUT2D eigenvalue weighted by Crippen LogP contribution is 2.23. The third kappa shape index (κ3) is 6.77. The molecular formula is C17H25F3N2O3S.